The summed E-state index contributed by atoms with van der Waals surface area (Å²) in [6, 6.07) is 0. The molecule has 0 bridgehead atoms. The molecule has 0 saturated carbocycles. The van der Waals surface area contributed by atoms with Gasteiger partial charge in [-0.25, -0.2) is 0 Å². The molecule has 60 valence electrons. The van der Waals surface area contributed by atoms with Crippen LogP contribution in [-0.4, -0.2) is 12.3 Å². The van der Waals surface area contributed by atoms with E-state index in [4.69, 9.17) is 5.73 Å². The van der Waals surface area contributed by atoms with E-state index in [0.717, 1.165) is 12.0 Å². The Morgan fingerprint density at radius 3 is 3.00 bits per heavy atom. The van der Waals surface area contributed by atoms with E-state index in [0.29, 0.717) is 6.54 Å². The second-order valence-corrected chi connectivity index (χ2v) is 2.75. The van der Waals surface area contributed by atoms with Crippen LogP contribution in [0.4, 0.5) is 0 Å². The maximum absolute atomic E-state index is 11.0. The highest BCUT2D eigenvalue weighted by atomic mass is 16.1. The van der Waals surface area contributed by atoms with Crippen molar-refractivity contribution in [3.63, 3.8) is 0 Å². The lowest BCUT2D eigenvalue weighted by molar-refractivity contribution is -0.113. The molecule has 1 aliphatic rings. The van der Waals surface area contributed by atoms with E-state index in [1.54, 1.807) is 6.92 Å². The van der Waals surface area contributed by atoms with Crippen molar-refractivity contribution in [2.24, 2.45) is 11.7 Å². The Bertz CT molecular complexity index is 216. The Hall–Kier alpha value is -0.890. The predicted octanol–water partition coefficient (Wildman–Crippen LogP) is 1.04. The molecule has 0 fully saturated rings. The van der Waals surface area contributed by atoms with E-state index in [1.807, 2.05) is 18.2 Å². The van der Waals surface area contributed by atoms with Crippen molar-refractivity contribution in [2.45, 2.75) is 13.3 Å². The SMILES string of the molecule is CC(=O)C1=CC=CC1CCN. The molecule has 1 rings (SSSR count). The van der Waals surface area contributed by atoms with Gasteiger partial charge < -0.3 is 5.73 Å². The molecule has 0 radical (unpaired) electrons. The molecular weight excluding hydrogens is 138 g/mol. The molecule has 0 aliphatic heterocycles. The summed E-state index contributed by atoms with van der Waals surface area (Å²) in [5.41, 5.74) is 6.30. The summed E-state index contributed by atoms with van der Waals surface area (Å²) in [6.45, 7) is 2.24. The summed E-state index contributed by atoms with van der Waals surface area (Å²) in [7, 11) is 0. The molecule has 0 aromatic carbocycles. The highest BCUT2D eigenvalue weighted by Crippen LogP contribution is 2.22. The maximum Gasteiger partial charge on any atom is 0.156 e. The lowest BCUT2D eigenvalue weighted by Crippen LogP contribution is -2.11. The second kappa shape index (κ2) is 3.49. The van der Waals surface area contributed by atoms with Crippen molar-refractivity contribution in [2.75, 3.05) is 6.54 Å². The number of Topliss-reactive ketones (excluding diaryl/α,β-unsaturated/α-hetero) is 1. The minimum absolute atomic E-state index is 0.161. The smallest absolute Gasteiger partial charge is 0.156 e. The van der Waals surface area contributed by atoms with Gasteiger partial charge in [0.2, 0.25) is 0 Å². The molecule has 1 atom stereocenters. The van der Waals surface area contributed by atoms with Gasteiger partial charge in [-0.05, 0) is 19.9 Å². The molecular formula is C9H13NO. The molecule has 1 aliphatic carbocycles. The zero-order chi connectivity index (χ0) is 8.27. The largest absolute Gasteiger partial charge is 0.330 e. The third kappa shape index (κ3) is 1.77. The molecule has 11 heavy (non-hydrogen) atoms. The summed E-state index contributed by atoms with van der Waals surface area (Å²) in [5.74, 6) is 0.436. The van der Waals surface area contributed by atoms with E-state index in [2.05, 4.69) is 0 Å². The van der Waals surface area contributed by atoms with Crippen LogP contribution in [0.2, 0.25) is 0 Å². The maximum atomic E-state index is 11.0. The van der Waals surface area contributed by atoms with E-state index in [9.17, 15) is 4.79 Å². The van der Waals surface area contributed by atoms with E-state index in [-0.39, 0.29) is 11.7 Å². The number of carbonyl (C=O) groups excluding carboxylic acids is 1. The fourth-order valence-corrected chi connectivity index (χ4v) is 1.33. The lowest BCUT2D eigenvalue weighted by atomic mass is 9.96. The van der Waals surface area contributed by atoms with Crippen molar-refractivity contribution in [3.8, 4) is 0 Å². The van der Waals surface area contributed by atoms with Crippen molar-refractivity contribution in [3.05, 3.63) is 23.8 Å². The molecule has 2 N–H and O–H groups in total. The first-order valence-corrected chi connectivity index (χ1v) is 3.85. The number of nitrogens with two attached hydrogens (primary N) is 1. The molecule has 0 amide bonds. The van der Waals surface area contributed by atoms with Gasteiger partial charge in [0.1, 0.15) is 0 Å². The predicted molar refractivity (Wildman–Crippen MR) is 45.1 cm³/mol. The first kappa shape index (κ1) is 8.21. The van der Waals surface area contributed by atoms with E-state index < -0.39 is 0 Å². The van der Waals surface area contributed by atoms with Crippen LogP contribution in [0.1, 0.15) is 13.3 Å². The summed E-state index contributed by atoms with van der Waals surface area (Å²) in [5, 5.41) is 0. The quantitative estimate of drug-likeness (QED) is 0.654. The summed E-state index contributed by atoms with van der Waals surface area (Å²) < 4.78 is 0. The minimum Gasteiger partial charge on any atom is -0.330 e. The van der Waals surface area contributed by atoms with Gasteiger partial charge >= 0.3 is 0 Å². The zero-order valence-corrected chi connectivity index (χ0v) is 6.71. The summed E-state index contributed by atoms with van der Waals surface area (Å²) in [6.07, 6.45) is 6.71. The first-order chi connectivity index (χ1) is 5.25. The number of hydrogen-bond donors (Lipinski definition) is 1. The average Bonchev–Trinajstić information content (AvgIpc) is 2.36. The highest BCUT2D eigenvalue weighted by Gasteiger charge is 2.16. The number of carbonyl (C=O) groups is 1. The summed E-state index contributed by atoms with van der Waals surface area (Å²) in [4.78, 5) is 11.0. The normalized spacial score (nSPS) is 22.0. The summed E-state index contributed by atoms with van der Waals surface area (Å²) >= 11 is 0. The molecule has 0 saturated heterocycles. The van der Waals surface area contributed by atoms with Crippen LogP contribution in [0.5, 0.6) is 0 Å². The molecule has 0 aromatic rings. The number of allylic oxidation sites excluding steroid dienone is 4. The average molecular weight is 151 g/mol. The Labute approximate surface area is 66.8 Å². The highest BCUT2D eigenvalue weighted by molar-refractivity contribution is 5.95. The van der Waals surface area contributed by atoms with E-state index in [1.165, 1.54) is 0 Å². The molecule has 0 aromatic heterocycles. The Morgan fingerprint density at radius 1 is 1.73 bits per heavy atom. The van der Waals surface area contributed by atoms with E-state index >= 15 is 0 Å². The number of ketones is 1. The van der Waals surface area contributed by atoms with Gasteiger partial charge in [-0.3, -0.25) is 4.79 Å². The monoisotopic (exact) mass is 151 g/mol. The first-order valence-electron chi connectivity index (χ1n) is 3.85. The standard InChI is InChI=1S/C9H13NO/c1-7(11)9-4-2-3-8(9)5-6-10/h2-4,8H,5-6,10H2,1H3. The lowest BCUT2D eigenvalue weighted by Gasteiger charge is -2.08. The Balaban J connectivity index is 2.61. The van der Waals surface area contributed by atoms with Crippen LogP contribution in [-0.2, 0) is 4.79 Å². The minimum atomic E-state index is 0.161. The molecule has 2 nitrogen and oxygen atoms in total. The van der Waals surface area contributed by atoms with Crippen LogP contribution >= 0.6 is 0 Å². The molecule has 0 spiro atoms. The van der Waals surface area contributed by atoms with Crippen molar-refractivity contribution >= 4 is 5.78 Å². The van der Waals surface area contributed by atoms with Gasteiger partial charge in [-0.2, -0.15) is 0 Å². The third-order valence-electron chi connectivity index (χ3n) is 1.90. The Morgan fingerprint density at radius 2 is 2.45 bits per heavy atom. The fraction of sp³-hybridized carbons (Fsp3) is 0.444. The van der Waals surface area contributed by atoms with Crippen LogP contribution in [0, 0.1) is 5.92 Å². The van der Waals surface area contributed by atoms with Gasteiger partial charge in [0, 0.05) is 11.5 Å². The number of hydrogen-bond acceptors (Lipinski definition) is 2. The molecule has 0 heterocycles. The zero-order valence-electron chi connectivity index (χ0n) is 6.71. The van der Waals surface area contributed by atoms with Gasteiger partial charge in [-0.15, -0.1) is 0 Å². The van der Waals surface area contributed by atoms with Crippen molar-refractivity contribution in [1.82, 2.24) is 0 Å². The molecule has 1 unspecified atom stereocenters. The second-order valence-electron chi connectivity index (χ2n) is 2.75. The van der Waals surface area contributed by atoms with Crippen LogP contribution in [0.25, 0.3) is 0 Å². The fourth-order valence-electron chi connectivity index (χ4n) is 1.33. The van der Waals surface area contributed by atoms with Crippen molar-refractivity contribution < 1.29 is 4.79 Å². The van der Waals surface area contributed by atoms with Crippen LogP contribution in [0.3, 0.4) is 0 Å². The van der Waals surface area contributed by atoms with Gasteiger partial charge in [0.15, 0.2) is 5.78 Å². The van der Waals surface area contributed by atoms with Crippen LogP contribution in [0.15, 0.2) is 23.8 Å². The topological polar surface area (TPSA) is 43.1 Å². The third-order valence-corrected chi connectivity index (χ3v) is 1.90. The van der Waals surface area contributed by atoms with Crippen LogP contribution < -0.4 is 5.73 Å². The Kier molecular flexibility index (Phi) is 2.60. The number of rotatable bonds is 3. The van der Waals surface area contributed by atoms with Crippen molar-refractivity contribution in [1.29, 1.82) is 0 Å². The van der Waals surface area contributed by atoms with Gasteiger partial charge in [0.25, 0.3) is 0 Å². The van der Waals surface area contributed by atoms with Gasteiger partial charge in [-0.1, -0.05) is 18.2 Å². The van der Waals surface area contributed by atoms with Gasteiger partial charge in [0.05, 0.1) is 0 Å². The molecule has 2 heteroatoms.